The summed E-state index contributed by atoms with van der Waals surface area (Å²) in [5.74, 6) is 0.193. The van der Waals surface area contributed by atoms with E-state index in [4.69, 9.17) is 0 Å². The highest BCUT2D eigenvalue weighted by Gasteiger charge is 2.13. The van der Waals surface area contributed by atoms with Gasteiger partial charge in [-0.25, -0.2) is 4.79 Å². The van der Waals surface area contributed by atoms with E-state index in [0.717, 1.165) is 0 Å². The Bertz CT molecular complexity index is 370. The largest absolute Gasteiger partial charge is 0.508 e. The highest BCUT2D eigenvalue weighted by atomic mass is 16.3. The van der Waals surface area contributed by atoms with Crippen molar-refractivity contribution in [2.75, 3.05) is 0 Å². The minimum Gasteiger partial charge on any atom is -0.508 e. The number of amides is 2. The molecule has 0 bridgehead atoms. The molecule has 16 heavy (non-hydrogen) atoms. The van der Waals surface area contributed by atoms with Crippen molar-refractivity contribution in [3.8, 4) is 5.75 Å². The fourth-order valence-corrected chi connectivity index (χ4v) is 1.22. The van der Waals surface area contributed by atoms with Crippen molar-refractivity contribution in [2.45, 2.75) is 32.9 Å². The van der Waals surface area contributed by atoms with Gasteiger partial charge in [-0.1, -0.05) is 18.2 Å². The van der Waals surface area contributed by atoms with Gasteiger partial charge in [-0.2, -0.15) is 0 Å². The van der Waals surface area contributed by atoms with Gasteiger partial charge in [-0.05, 0) is 26.8 Å². The third-order valence-corrected chi connectivity index (χ3v) is 1.92. The van der Waals surface area contributed by atoms with Crippen LogP contribution in [-0.2, 0) is 6.54 Å². The molecular formula is C12H18N2O2. The van der Waals surface area contributed by atoms with Crippen LogP contribution >= 0.6 is 0 Å². The zero-order valence-electron chi connectivity index (χ0n) is 9.87. The van der Waals surface area contributed by atoms with Gasteiger partial charge in [0.2, 0.25) is 0 Å². The molecule has 0 saturated carbocycles. The molecule has 4 nitrogen and oxygen atoms in total. The first-order chi connectivity index (χ1) is 7.38. The molecule has 88 valence electrons. The van der Waals surface area contributed by atoms with E-state index in [1.807, 2.05) is 26.8 Å². The summed E-state index contributed by atoms with van der Waals surface area (Å²) in [7, 11) is 0. The number of rotatable bonds is 2. The molecule has 4 heteroatoms. The molecule has 0 aliphatic heterocycles. The standard InChI is InChI=1S/C12H18N2O2/c1-12(2,3)14-11(16)13-8-9-6-4-5-7-10(9)15/h4-7,15H,8H2,1-3H3,(H2,13,14,16). The molecule has 0 aliphatic rings. The number of phenolic OH excluding ortho intramolecular Hbond substituents is 1. The van der Waals surface area contributed by atoms with Gasteiger partial charge in [0.1, 0.15) is 5.75 Å². The topological polar surface area (TPSA) is 61.4 Å². The van der Waals surface area contributed by atoms with E-state index < -0.39 is 0 Å². The number of hydrogen-bond acceptors (Lipinski definition) is 2. The summed E-state index contributed by atoms with van der Waals surface area (Å²) in [6, 6.07) is 6.69. The summed E-state index contributed by atoms with van der Waals surface area (Å²) in [6.45, 7) is 6.04. The highest BCUT2D eigenvalue weighted by molar-refractivity contribution is 5.74. The average Bonchev–Trinajstić information content (AvgIpc) is 2.14. The molecule has 0 aliphatic carbocycles. The Labute approximate surface area is 95.7 Å². The third-order valence-electron chi connectivity index (χ3n) is 1.92. The van der Waals surface area contributed by atoms with Crippen molar-refractivity contribution in [3.63, 3.8) is 0 Å². The molecule has 0 aromatic heterocycles. The van der Waals surface area contributed by atoms with Gasteiger partial charge in [-0.3, -0.25) is 0 Å². The highest BCUT2D eigenvalue weighted by Crippen LogP contribution is 2.14. The number of phenols is 1. The summed E-state index contributed by atoms with van der Waals surface area (Å²) < 4.78 is 0. The summed E-state index contributed by atoms with van der Waals surface area (Å²) in [4.78, 5) is 11.4. The van der Waals surface area contributed by atoms with Crippen molar-refractivity contribution >= 4 is 6.03 Å². The van der Waals surface area contributed by atoms with Gasteiger partial charge in [-0.15, -0.1) is 0 Å². The first-order valence-electron chi connectivity index (χ1n) is 5.21. The van der Waals surface area contributed by atoms with Gasteiger partial charge < -0.3 is 15.7 Å². The first kappa shape index (κ1) is 12.4. The zero-order chi connectivity index (χ0) is 12.2. The number of aromatic hydroxyl groups is 1. The second-order valence-corrected chi connectivity index (χ2v) is 4.69. The second kappa shape index (κ2) is 4.88. The minimum atomic E-state index is -0.261. The van der Waals surface area contributed by atoms with Crippen LogP contribution in [0.4, 0.5) is 4.79 Å². The summed E-state index contributed by atoms with van der Waals surface area (Å²) in [5, 5.41) is 14.9. The lowest BCUT2D eigenvalue weighted by molar-refractivity contribution is 0.231. The van der Waals surface area contributed by atoms with Gasteiger partial charge >= 0.3 is 6.03 Å². The van der Waals surface area contributed by atoms with E-state index in [1.54, 1.807) is 18.2 Å². The van der Waals surface area contributed by atoms with Gasteiger partial charge in [0.05, 0.1) is 0 Å². The molecule has 0 spiro atoms. The fourth-order valence-electron chi connectivity index (χ4n) is 1.22. The molecule has 0 atom stereocenters. The third kappa shape index (κ3) is 4.21. The van der Waals surface area contributed by atoms with Crippen LogP contribution in [0.3, 0.4) is 0 Å². The second-order valence-electron chi connectivity index (χ2n) is 4.69. The monoisotopic (exact) mass is 222 g/mol. The first-order valence-corrected chi connectivity index (χ1v) is 5.21. The minimum absolute atomic E-state index is 0.193. The number of nitrogens with one attached hydrogen (secondary N) is 2. The van der Waals surface area contributed by atoms with Crippen molar-refractivity contribution in [2.24, 2.45) is 0 Å². The van der Waals surface area contributed by atoms with Crippen LogP contribution < -0.4 is 10.6 Å². The van der Waals surface area contributed by atoms with E-state index in [2.05, 4.69) is 10.6 Å². The van der Waals surface area contributed by atoms with Crippen LogP contribution in [-0.4, -0.2) is 16.7 Å². The van der Waals surface area contributed by atoms with E-state index >= 15 is 0 Å². The predicted molar refractivity (Wildman–Crippen MR) is 63.2 cm³/mol. The molecule has 3 N–H and O–H groups in total. The number of hydrogen-bond donors (Lipinski definition) is 3. The smallest absolute Gasteiger partial charge is 0.315 e. The van der Waals surface area contributed by atoms with Crippen molar-refractivity contribution in [3.05, 3.63) is 29.8 Å². The number of carbonyl (C=O) groups is 1. The fraction of sp³-hybridized carbons (Fsp3) is 0.417. The Kier molecular flexibility index (Phi) is 3.77. The summed E-state index contributed by atoms with van der Waals surface area (Å²) in [5.41, 5.74) is 0.439. The molecule has 1 aromatic rings. The Morgan fingerprint density at radius 2 is 1.94 bits per heavy atom. The maximum Gasteiger partial charge on any atom is 0.315 e. The normalized spacial score (nSPS) is 10.9. The van der Waals surface area contributed by atoms with Gasteiger partial charge in [0.15, 0.2) is 0 Å². The summed E-state index contributed by atoms with van der Waals surface area (Å²) in [6.07, 6.45) is 0. The quantitative estimate of drug-likeness (QED) is 0.716. The number of para-hydroxylation sites is 1. The molecule has 0 radical (unpaired) electrons. The SMILES string of the molecule is CC(C)(C)NC(=O)NCc1ccccc1O. The van der Waals surface area contributed by atoms with E-state index in [1.165, 1.54) is 0 Å². The molecule has 0 heterocycles. The lowest BCUT2D eigenvalue weighted by Gasteiger charge is -2.20. The lowest BCUT2D eigenvalue weighted by Crippen LogP contribution is -2.46. The molecule has 0 fully saturated rings. The van der Waals surface area contributed by atoms with Crippen LogP contribution in [0.5, 0.6) is 5.75 Å². The number of urea groups is 1. The maximum absolute atomic E-state index is 11.4. The van der Waals surface area contributed by atoms with Crippen LogP contribution in [0.15, 0.2) is 24.3 Å². The van der Waals surface area contributed by atoms with Crippen molar-refractivity contribution in [1.29, 1.82) is 0 Å². The van der Waals surface area contributed by atoms with E-state index in [-0.39, 0.29) is 17.3 Å². The van der Waals surface area contributed by atoms with Crippen LogP contribution in [0.1, 0.15) is 26.3 Å². The molecule has 0 saturated heterocycles. The Morgan fingerprint density at radius 3 is 2.50 bits per heavy atom. The zero-order valence-corrected chi connectivity index (χ0v) is 9.87. The van der Waals surface area contributed by atoms with E-state index in [9.17, 15) is 9.90 Å². The van der Waals surface area contributed by atoms with Crippen LogP contribution in [0.2, 0.25) is 0 Å². The Hall–Kier alpha value is -1.71. The molecule has 0 unspecified atom stereocenters. The Balaban J connectivity index is 2.47. The number of carbonyl (C=O) groups excluding carboxylic acids is 1. The number of benzene rings is 1. The van der Waals surface area contributed by atoms with E-state index in [0.29, 0.717) is 12.1 Å². The van der Waals surface area contributed by atoms with Crippen LogP contribution in [0.25, 0.3) is 0 Å². The maximum atomic E-state index is 11.4. The molecule has 1 aromatic carbocycles. The van der Waals surface area contributed by atoms with Crippen molar-refractivity contribution in [1.82, 2.24) is 10.6 Å². The van der Waals surface area contributed by atoms with Gasteiger partial charge in [0.25, 0.3) is 0 Å². The molecular weight excluding hydrogens is 204 g/mol. The predicted octanol–water partition coefficient (Wildman–Crippen LogP) is 1.99. The lowest BCUT2D eigenvalue weighted by atomic mass is 10.1. The van der Waals surface area contributed by atoms with Crippen molar-refractivity contribution < 1.29 is 9.90 Å². The van der Waals surface area contributed by atoms with Crippen LogP contribution in [0, 0.1) is 0 Å². The Morgan fingerprint density at radius 1 is 1.31 bits per heavy atom. The van der Waals surface area contributed by atoms with Gasteiger partial charge in [0, 0.05) is 17.6 Å². The summed E-state index contributed by atoms with van der Waals surface area (Å²) >= 11 is 0. The molecule has 2 amide bonds. The average molecular weight is 222 g/mol. The molecule has 1 rings (SSSR count).